The first-order chi connectivity index (χ1) is 13.4. The zero-order valence-corrected chi connectivity index (χ0v) is 19.7. The molecule has 0 saturated carbocycles. The first-order valence-electron chi connectivity index (χ1n) is 9.84. The molecule has 2 atom stereocenters. The van der Waals surface area contributed by atoms with Crippen LogP contribution in [-0.4, -0.2) is 46.0 Å². The van der Waals surface area contributed by atoms with Crippen LogP contribution in [0.25, 0.3) is 0 Å². The highest BCUT2D eigenvalue weighted by molar-refractivity contribution is 9.11. The summed E-state index contributed by atoms with van der Waals surface area (Å²) in [4.78, 5) is 13.6. The quantitative estimate of drug-likeness (QED) is 0.365. The molecule has 1 fully saturated rings. The van der Waals surface area contributed by atoms with E-state index in [9.17, 15) is 9.90 Å². The average Bonchev–Trinajstić information content (AvgIpc) is 2.69. The molecule has 1 aliphatic rings. The highest BCUT2D eigenvalue weighted by atomic mass is 79.9. The van der Waals surface area contributed by atoms with Crippen LogP contribution in [0.3, 0.4) is 0 Å². The lowest BCUT2D eigenvalue weighted by atomic mass is 9.89. The second-order valence-electron chi connectivity index (χ2n) is 7.17. The topological polar surface area (TPSA) is 40.5 Å². The number of hydrogen-bond donors (Lipinski definition) is 1. The monoisotopic (exact) mass is 467 g/mol. The van der Waals surface area contributed by atoms with Gasteiger partial charge < -0.3 is 10.0 Å². The second kappa shape index (κ2) is 14.0. The van der Waals surface area contributed by atoms with Gasteiger partial charge >= 0.3 is 5.97 Å². The van der Waals surface area contributed by atoms with E-state index >= 15 is 0 Å². The van der Waals surface area contributed by atoms with Gasteiger partial charge in [0.25, 0.3) is 0 Å². The third-order valence-corrected chi connectivity index (χ3v) is 7.09. The molecule has 3 nitrogen and oxygen atoms in total. The number of carboxylic acid groups (broad SMARTS) is 1. The van der Waals surface area contributed by atoms with Gasteiger partial charge in [-0.1, -0.05) is 70.6 Å². The Morgan fingerprint density at radius 3 is 2.39 bits per heavy atom. The van der Waals surface area contributed by atoms with Crippen molar-refractivity contribution in [2.45, 2.75) is 43.2 Å². The summed E-state index contributed by atoms with van der Waals surface area (Å²) in [5.41, 5.74) is 2.18. The molecule has 0 radical (unpaired) electrons. The Kier molecular flexibility index (Phi) is 12.5. The lowest BCUT2D eigenvalue weighted by Gasteiger charge is -2.32. The van der Waals surface area contributed by atoms with Crippen LogP contribution in [0.15, 0.2) is 54.6 Å². The number of thioether (sulfide) groups is 1. The molecule has 2 rings (SSSR count). The molecule has 1 aromatic rings. The number of allylic oxidation sites excluding steroid dienone is 1. The Morgan fingerprint density at radius 1 is 1.36 bits per heavy atom. The summed E-state index contributed by atoms with van der Waals surface area (Å²) in [6.45, 7) is 10.6. The van der Waals surface area contributed by atoms with Crippen LogP contribution in [0.1, 0.15) is 44.6 Å². The van der Waals surface area contributed by atoms with E-state index in [1.165, 1.54) is 5.56 Å². The summed E-state index contributed by atoms with van der Waals surface area (Å²) in [6.07, 6.45) is 9.20. The van der Waals surface area contributed by atoms with Gasteiger partial charge in [-0.15, -0.1) is 11.8 Å². The van der Waals surface area contributed by atoms with E-state index < -0.39 is 11.9 Å². The van der Waals surface area contributed by atoms with Crippen LogP contribution in [0, 0.1) is 5.92 Å². The second-order valence-corrected chi connectivity index (χ2v) is 9.74. The molecule has 0 aromatic heterocycles. The third kappa shape index (κ3) is 9.44. The Hall–Kier alpha value is -1.04. The average molecular weight is 469 g/mol. The summed E-state index contributed by atoms with van der Waals surface area (Å²) >= 11 is 5.19. The van der Waals surface area contributed by atoms with Crippen LogP contribution in [0.4, 0.5) is 0 Å². The van der Waals surface area contributed by atoms with Gasteiger partial charge in [0.15, 0.2) is 0 Å². The first kappa shape index (κ1) is 25.0. The number of nitrogens with zero attached hydrogens (tertiary/aromatic N) is 1. The number of carbonyl (C=O) groups is 1. The van der Waals surface area contributed by atoms with Crippen LogP contribution in [0.2, 0.25) is 0 Å². The van der Waals surface area contributed by atoms with Crippen molar-refractivity contribution in [3.8, 4) is 0 Å². The Bertz CT molecular complexity index is 598. The zero-order valence-electron chi connectivity index (χ0n) is 17.3. The van der Waals surface area contributed by atoms with Gasteiger partial charge in [0.2, 0.25) is 0 Å². The van der Waals surface area contributed by atoms with Gasteiger partial charge in [0, 0.05) is 0 Å². The number of alkyl halides is 1. The van der Waals surface area contributed by atoms with Gasteiger partial charge in [0.05, 0.1) is 10.1 Å². The fraction of sp³-hybridized carbons (Fsp3) is 0.522. The van der Waals surface area contributed by atoms with Gasteiger partial charge in [0.1, 0.15) is 0 Å². The van der Waals surface area contributed by atoms with E-state index in [2.05, 4.69) is 70.1 Å². The molecule has 0 amide bonds. The molecule has 1 saturated heterocycles. The number of benzene rings is 1. The third-order valence-electron chi connectivity index (χ3n) is 5.05. The molecule has 1 aliphatic heterocycles. The molecule has 1 N–H and O–H groups in total. The van der Waals surface area contributed by atoms with E-state index in [1.54, 1.807) is 18.7 Å². The largest absolute Gasteiger partial charge is 0.481 e. The van der Waals surface area contributed by atoms with Crippen molar-refractivity contribution in [3.63, 3.8) is 0 Å². The molecule has 0 aliphatic carbocycles. The standard InChI is InChI=1S/C18H25NO2.C5H9BrS/c1-14(2)17(18(20)21)10-13-19-11-8-16(9-12-19)15-6-4-3-5-7-15;1-3-4-5(6)7-2/h3-7,16-17H,1,8-13H2,2H3,(H,20,21);3-5H,1-2H3. The van der Waals surface area contributed by atoms with E-state index in [-0.39, 0.29) is 0 Å². The van der Waals surface area contributed by atoms with Crippen molar-refractivity contribution in [1.29, 1.82) is 0 Å². The van der Waals surface area contributed by atoms with Crippen LogP contribution >= 0.6 is 27.7 Å². The number of hydrogen-bond acceptors (Lipinski definition) is 3. The van der Waals surface area contributed by atoms with E-state index in [0.717, 1.165) is 38.0 Å². The maximum atomic E-state index is 11.2. The molecule has 0 spiro atoms. The Morgan fingerprint density at radius 2 is 1.96 bits per heavy atom. The van der Waals surface area contributed by atoms with Crippen molar-refractivity contribution in [2.24, 2.45) is 5.92 Å². The summed E-state index contributed by atoms with van der Waals surface area (Å²) in [7, 11) is 0. The molecular formula is C23H34BrNO2S. The highest BCUT2D eigenvalue weighted by Gasteiger charge is 2.23. The fourth-order valence-corrected chi connectivity index (χ4v) is 3.96. The summed E-state index contributed by atoms with van der Waals surface area (Å²) in [6, 6.07) is 10.7. The highest BCUT2D eigenvalue weighted by Crippen LogP contribution is 2.28. The minimum Gasteiger partial charge on any atom is -0.481 e. The fourth-order valence-electron chi connectivity index (χ4n) is 3.34. The number of likely N-dealkylation sites (tertiary alicyclic amines) is 1. The Labute approximate surface area is 183 Å². The normalized spacial score (nSPS) is 17.6. The molecule has 2 unspecified atom stereocenters. The first-order valence-corrected chi connectivity index (χ1v) is 12.0. The zero-order chi connectivity index (χ0) is 20.9. The SMILES string of the molecule is C=C(C)C(CCN1CCC(c2ccccc2)CC1)C(=O)O.CC=CC(Br)SC. The number of halogens is 1. The molecule has 1 aromatic carbocycles. The minimum absolute atomic E-state index is 0.406. The summed E-state index contributed by atoms with van der Waals surface area (Å²) < 4.78 is 0.498. The number of rotatable bonds is 8. The number of aliphatic carboxylic acids is 1. The maximum Gasteiger partial charge on any atom is 0.310 e. The lowest BCUT2D eigenvalue weighted by Crippen LogP contribution is -2.35. The molecule has 1 heterocycles. The van der Waals surface area contributed by atoms with Crippen LogP contribution in [0.5, 0.6) is 0 Å². The molecule has 5 heteroatoms. The molecular weight excluding hydrogens is 434 g/mol. The van der Waals surface area contributed by atoms with E-state index in [4.69, 9.17) is 0 Å². The van der Waals surface area contributed by atoms with Crippen molar-refractivity contribution in [2.75, 3.05) is 25.9 Å². The van der Waals surface area contributed by atoms with E-state index in [1.807, 2.05) is 13.0 Å². The van der Waals surface area contributed by atoms with Gasteiger partial charge in [-0.25, -0.2) is 0 Å². The summed E-state index contributed by atoms with van der Waals surface area (Å²) in [5, 5.41) is 9.18. The predicted octanol–water partition coefficient (Wildman–Crippen LogP) is 6.18. The van der Waals surface area contributed by atoms with Gasteiger partial charge in [-0.2, -0.15) is 0 Å². The van der Waals surface area contributed by atoms with Crippen molar-refractivity contribution in [3.05, 3.63) is 60.2 Å². The van der Waals surface area contributed by atoms with Crippen molar-refractivity contribution >= 4 is 33.7 Å². The maximum absolute atomic E-state index is 11.2. The molecule has 0 bridgehead atoms. The Balaban J connectivity index is 0.000000480. The van der Waals surface area contributed by atoms with Crippen molar-refractivity contribution in [1.82, 2.24) is 4.90 Å². The molecule has 156 valence electrons. The lowest BCUT2D eigenvalue weighted by molar-refractivity contribution is -0.140. The minimum atomic E-state index is -0.748. The van der Waals surface area contributed by atoms with Crippen LogP contribution < -0.4 is 0 Å². The predicted molar refractivity (Wildman–Crippen MR) is 126 cm³/mol. The van der Waals surface area contributed by atoms with Gasteiger partial charge in [-0.05, 0) is 70.5 Å². The van der Waals surface area contributed by atoms with E-state index in [0.29, 0.717) is 16.5 Å². The van der Waals surface area contributed by atoms with Crippen LogP contribution in [-0.2, 0) is 4.79 Å². The number of piperidine rings is 1. The summed E-state index contributed by atoms with van der Waals surface area (Å²) in [5.74, 6) is -0.502. The van der Waals surface area contributed by atoms with Crippen molar-refractivity contribution < 1.29 is 9.90 Å². The number of carboxylic acids is 1. The smallest absolute Gasteiger partial charge is 0.310 e. The molecule has 28 heavy (non-hydrogen) atoms. The van der Waals surface area contributed by atoms with Gasteiger partial charge in [-0.3, -0.25) is 4.79 Å².